The van der Waals surface area contributed by atoms with Gasteiger partial charge < -0.3 is 20.2 Å². The van der Waals surface area contributed by atoms with E-state index in [1.165, 1.54) is 6.07 Å². The SMILES string of the molecule is O=C(NC(CC(=O)N1CCN(C(=O)c2ccccc2O)CC1)c1ccccc1)c1ccccc1Cl. The van der Waals surface area contributed by atoms with Gasteiger partial charge in [0.25, 0.3) is 11.8 Å². The van der Waals surface area contributed by atoms with E-state index in [4.69, 9.17) is 11.6 Å². The molecule has 0 bridgehead atoms. The zero-order chi connectivity index (χ0) is 24.8. The number of piperazine rings is 1. The summed E-state index contributed by atoms with van der Waals surface area (Å²) >= 11 is 6.19. The number of hydrogen-bond acceptors (Lipinski definition) is 4. The van der Waals surface area contributed by atoms with E-state index in [-0.39, 0.29) is 35.5 Å². The molecular weight excluding hydrogens is 466 g/mol. The highest BCUT2D eigenvalue weighted by Crippen LogP contribution is 2.23. The van der Waals surface area contributed by atoms with Crippen LogP contribution in [-0.4, -0.2) is 58.8 Å². The molecule has 1 fully saturated rings. The monoisotopic (exact) mass is 491 g/mol. The van der Waals surface area contributed by atoms with Crippen molar-refractivity contribution in [2.45, 2.75) is 12.5 Å². The Labute approximate surface area is 208 Å². The van der Waals surface area contributed by atoms with Crippen LogP contribution in [0.2, 0.25) is 5.02 Å². The number of halogens is 1. The molecule has 4 rings (SSSR count). The van der Waals surface area contributed by atoms with Crippen molar-refractivity contribution in [1.29, 1.82) is 0 Å². The van der Waals surface area contributed by atoms with Crippen molar-refractivity contribution in [2.75, 3.05) is 26.2 Å². The molecule has 1 unspecified atom stereocenters. The van der Waals surface area contributed by atoms with Crippen LogP contribution in [0.1, 0.15) is 38.7 Å². The first-order valence-electron chi connectivity index (χ1n) is 11.4. The lowest BCUT2D eigenvalue weighted by molar-refractivity contribution is -0.133. The molecule has 0 aromatic heterocycles. The molecule has 2 N–H and O–H groups in total. The molecule has 0 radical (unpaired) electrons. The Morgan fingerprint density at radius 2 is 1.37 bits per heavy atom. The van der Waals surface area contributed by atoms with Crippen LogP contribution in [0.15, 0.2) is 78.9 Å². The number of benzene rings is 3. The van der Waals surface area contributed by atoms with Gasteiger partial charge in [-0.3, -0.25) is 14.4 Å². The lowest BCUT2D eigenvalue weighted by Crippen LogP contribution is -2.51. The van der Waals surface area contributed by atoms with Gasteiger partial charge in [-0.2, -0.15) is 0 Å². The number of amides is 3. The molecule has 7 nitrogen and oxygen atoms in total. The van der Waals surface area contributed by atoms with Crippen molar-refractivity contribution in [1.82, 2.24) is 15.1 Å². The molecule has 1 aliphatic rings. The van der Waals surface area contributed by atoms with E-state index in [1.54, 1.807) is 52.3 Å². The fourth-order valence-corrected chi connectivity index (χ4v) is 4.33. The predicted molar refractivity (Wildman–Crippen MR) is 133 cm³/mol. The first-order valence-corrected chi connectivity index (χ1v) is 11.8. The lowest BCUT2D eigenvalue weighted by Gasteiger charge is -2.35. The third-order valence-electron chi connectivity index (χ3n) is 6.06. The second kappa shape index (κ2) is 11.1. The van der Waals surface area contributed by atoms with E-state index in [1.807, 2.05) is 30.3 Å². The van der Waals surface area contributed by atoms with Gasteiger partial charge >= 0.3 is 0 Å². The largest absolute Gasteiger partial charge is 0.507 e. The van der Waals surface area contributed by atoms with Crippen LogP contribution in [0.4, 0.5) is 0 Å². The summed E-state index contributed by atoms with van der Waals surface area (Å²) in [5, 5.41) is 13.3. The van der Waals surface area contributed by atoms with Crippen LogP contribution in [0.25, 0.3) is 0 Å². The Hall–Kier alpha value is -3.84. The number of phenols is 1. The average molecular weight is 492 g/mol. The lowest BCUT2D eigenvalue weighted by atomic mass is 10.0. The fraction of sp³-hybridized carbons (Fsp3) is 0.222. The molecule has 0 spiro atoms. The molecule has 180 valence electrons. The summed E-state index contributed by atoms with van der Waals surface area (Å²) < 4.78 is 0. The topological polar surface area (TPSA) is 90.0 Å². The molecule has 3 aromatic rings. The van der Waals surface area contributed by atoms with Crippen LogP contribution in [0.5, 0.6) is 5.75 Å². The van der Waals surface area contributed by atoms with Crippen LogP contribution in [-0.2, 0) is 4.79 Å². The Balaban J connectivity index is 1.41. The predicted octanol–water partition coefficient (Wildman–Crippen LogP) is 3.89. The number of phenolic OH excluding ortho intramolecular Hbond substituents is 1. The molecule has 1 atom stereocenters. The van der Waals surface area contributed by atoms with Gasteiger partial charge in [-0.15, -0.1) is 0 Å². The third-order valence-corrected chi connectivity index (χ3v) is 6.39. The maximum atomic E-state index is 13.2. The average Bonchev–Trinajstić information content (AvgIpc) is 2.89. The number of carbonyl (C=O) groups excluding carboxylic acids is 3. The number of hydrogen-bond donors (Lipinski definition) is 2. The van der Waals surface area contributed by atoms with Crippen molar-refractivity contribution >= 4 is 29.3 Å². The molecule has 3 amide bonds. The van der Waals surface area contributed by atoms with E-state index in [9.17, 15) is 19.5 Å². The normalized spacial score (nSPS) is 14.3. The maximum Gasteiger partial charge on any atom is 0.257 e. The van der Waals surface area contributed by atoms with Gasteiger partial charge in [0.05, 0.1) is 28.6 Å². The first-order chi connectivity index (χ1) is 16.9. The van der Waals surface area contributed by atoms with E-state index < -0.39 is 6.04 Å². The zero-order valence-corrected chi connectivity index (χ0v) is 19.8. The summed E-state index contributed by atoms with van der Waals surface area (Å²) in [4.78, 5) is 42.2. The summed E-state index contributed by atoms with van der Waals surface area (Å²) in [7, 11) is 0. The molecule has 0 aliphatic carbocycles. The zero-order valence-electron chi connectivity index (χ0n) is 19.1. The van der Waals surface area contributed by atoms with Gasteiger partial charge in [0.2, 0.25) is 5.91 Å². The highest BCUT2D eigenvalue weighted by molar-refractivity contribution is 6.33. The molecule has 1 aliphatic heterocycles. The summed E-state index contributed by atoms with van der Waals surface area (Å²) in [5.41, 5.74) is 1.41. The summed E-state index contributed by atoms with van der Waals surface area (Å²) in [6.45, 7) is 1.47. The van der Waals surface area contributed by atoms with Crippen LogP contribution >= 0.6 is 11.6 Å². The Morgan fingerprint density at radius 3 is 2.03 bits per heavy atom. The number of nitrogens with one attached hydrogen (secondary N) is 1. The molecule has 1 heterocycles. The second-order valence-corrected chi connectivity index (χ2v) is 8.72. The molecule has 8 heteroatoms. The summed E-state index contributed by atoms with van der Waals surface area (Å²) in [5.74, 6) is -0.788. The molecular formula is C27H26ClN3O4. The van der Waals surface area contributed by atoms with Gasteiger partial charge in [-0.05, 0) is 29.8 Å². The first kappa shape index (κ1) is 24.3. The number of carbonyl (C=O) groups is 3. The van der Waals surface area contributed by atoms with Gasteiger partial charge in [-0.25, -0.2) is 0 Å². The van der Waals surface area contributed by atoms with Gasteiger partial charge in [0.15, 0.2) is 0 Å². The van der Waals surface area contributed by atoms with Crippen molar-refractivity contribution in [3.05, 3.63) is 101 Å². The minimum atomic E-state index is -0.534. The fourth-order valence-electron chi connectivity index (χ4n) is 4.11. The molecule has 3 aromatic carbocycles. The summed E-state index contributed by atoms with van der Waals surface area (Å²) in [6, 6.07) is 22.0. The van der Waals surface area contributed by atoms with Gasteiger partial charge in [-0.1, -0.05) is 66.2 Å². The van der Waals surface area contributed by atoms with E-state index in [0.29, 0.717) is 36.8 Å². The Morgan fingerprint density at radius 1 is 0.800 bits per heavy atom. The standard InChI is InChI=1S/C27H26ClN3O4/c28-22-12-6-4-10-20(22)26(34)29-23(19-8-2-1-3-9-19)18-25(33)30-14-16-31(17-15-30)27(35)21-11-5-7-13-24(21)32/h1-13,23,32H,14-18H2,(H,29,34). The third kappa shape index (κ3) is 5.81. The molecule has 35 heavy (non-hydrogen) atoms. The smallest absolute Gasteiger partial charge is 0.257 e. The maximum absolute atomic E-state index is 13.2. The second-order valence-electron chi connectivity index (χ2n) is 8.31. The highest BCUT2D eigenvalue weighted by Gasteiger charge is 2.28. The highest BCUT2D eigenvalue weighted by atomic mass is 35.5. The van der Waals surface area contributed by atoms with E-state index in [2.05, 4.69) is 5.32 Å². The number of nitrogens with zero attached hydrogens (tertiary/aromatic N) is 2. The van der Waals surface area contributed by atoms with Crippen molar-refractivity contribution < 1.29 is 19.5 Å². The Bertz CT molecular complexity index is 1210. The van der Waals surface area contributed by atoms with E-state index in [0.717, 1.165) is 5.56 Å². The van der Waals surface area contributed by atoms with Crippen LogP contribution < -0.4 is 5.32 Å². The van der Waals surface area contributed by atoms with Crippen molar-refractivity contribution in [2.24, 2.45) is 0 Å². The van der Waals surface area contributed by atoms with E-state index >= 15 is 0 Å². The van der Waals surface area contributed by atoms with Gasteiger partial charge in [0.1, 0.15) is 5.75 Å². The van der Waals surface area contributed by atoms with Gasteiger partial charge in [0, 0.05) is 26.2 Å². The minimum Gasteiger partial charge on any atom is -0.507 e. The molecule has 1 saturated heterocycles. The van der Waals surface area contributed by atoms with Crippen LogP contribution in [0.3, 0.4) is 0 Å². The quantitative estimate of drug-likeness (QED) is 0.547. The number of aromatic hydroxyl groups is 1. The number of rotatable bonds is 6. The molecule has 0 saturated carbocycles. The van der Waals surface area contributed by atoms with Crippen molar-refractivity contribution in [3.63, 3.8) is 0 Å². The van der Waals surface area contributed by atoms with Crippen molar-refractivity contribution in [3.8, 4) is 5.75 Å². The summed E-state index contributed by atoms with van der Waals surface area (Å²) in [6.07, 6.45) is 0.0770. The Kier molecular flexibility index (Phi) is 7.67. The minimum absolute atomic E-state index is 0.0593. The van der Waals surface area contributed by atoms with Crippen LogP contribution in [0, 0.1) is 0 Å². The number of para-hydroxylation sites is 1.